The summed E-state index contributed by atoms with van der Waals surface area (Å²) in [5, 5.41) is 13.8. The topological polar surface area (TPSA) is 115 Å². The molecule has 3 heterocycles. The number of nitrogens with zero attached hydrogens (tertiary/aromatic N) is 5. The summed E-state index contributed by atoms with van der Waals surface area (Å²) in [6.07, 6.45) is 2.80. The highest BCUT2D eigenvalue weighted by molar-refractivity contribution is 6.06. The third kappa shape index (κ3) is 4.55. The first-order valence-corrected chi connectivity index (χ1v) is 11.6. The number of carbonyl (C=O) groups excluding carboxylic acids is 1. The van der Waals surface area contributed by atoms with E-state index in [1.807, 2.05) is 12.1 Å². The minimum Gasteiger partial charge on any atom is -0.493 e. The molecule has 0 aliphatic rings. The Morgan fingerprint density at radius 2 is 1.82 bits per heavy atom. The van der Waals surface area contributed by atoms with Crippen molar-refractivity contribution >= 4 is 22.6 Å². The van der Waals surface area contributed by atoms with Crippen molar-refractivity contribution in [1.29, 1.82) is 0 Å². The first kappa shape index (κ1) is 24.6. The van der Waals surface area contributed by atoms with Gasteiger partial charge in [0.1, 0.15) is 12.0 Å². The molecule has 190 valence electrons. The van der Waals surface area contributed by atoms with E-state index >= 15 is 4.39 Å². The third-order valence-electron chi connectivity index (χ3n) is 5.95. The van der Waals surface area contributed by atoms with Gasteiger partial charge in [-0.1, -0.05) is 24.8 Å². The highest BCUT2D eigenvalue weighted by atomic mass is 19.1. The van der Waals surface area contributed by atoms with E-state index in [9.17, 15) is 9.90 Å². The molecule has 9 nitrogen and oxygen atoms in total. The zero-order valence-corrected chi connectivity index (χ0v) is 20.9. The number of aromatic nitrogens is 5. The van der Waals surface area contributed by atoms with Crippen molar-refractivity contribution in [1.82, 2.24) is 24.5 Å². The van der Waals surface area contributed by atoms with Crippen LogP contribution in [-0.2, 0) is 11.8 Å². The molecule has 0 saturated heterocycles. The van der Waals surface area contributed by atoms with Gasteiger partial charge in [-0.05, 0) is 55.3 Å². The Kier molecular flexibility index (Phi) is 6.29. The second-order valence-corrected chi connectivity index (χ2v) is 8.72. The van der Waals surface area contributed by atoms with Gasteiger partial charge in [0.25, 0.3) is 5.91 Å². The van der Waals surface area contributed by atoms with E-state index in [1.54, 1.807) is 49.7 Å². The zero-order chi connectivity index (χ0) is 27.0. The summed E-state index contributed by atoms with van der Waals surface area (Å²) in [5.74, 6) is -1.19. The number of anilines is 1. The summed E-state index contributed by atoms with van der Waals surface area (Å²) in [7, 11) is 1.80. The van der Waals surface area contributed by atoms with Gasteiger partial charge in [0.05, 0.1) is 11.1 Å². The molecule has 0 unspecified atom stereocenters. The molecule has 5 aromatic rings. The molecule has 0 bridgehead atoms. The van der Waals surface area contributed by atoms with Crippen molar-refractivity contribution in [3.63, 3.8) is 0 Å². The molecule has 0 fully saturated rings. The van der Waals surface area contributed by atoms with Gasteiger partial charge in [-0.3, -0.25) is 4.79 Å². The van der Waals surface area contributed by atoms with Crippen LogP contribution in [0.3, 0.4) is 0 Å². The van der Waals surface area contributed by atoms with Crippen LogP contribution in [0.2, 0.25) is 0 Å². The SMILES string of the molecule is C=C(C)C(=O)Nc1ccc(-c2c(-c3ccc(Oc4nccc(C)n4)c(F)c3)c3c(O)ncnc3n2C)cc1. The van der Waals surface area contributed by atoms with Crippen molar-refractivity contribution in [3.8, 4) is 40.0 Å². The van der Waals surface area contributed by atoms with Crippen LogP contribution in [0.4, 0.5) is 10.1 Å². The summed E-state index contributed by atoms with van der Waals surface area (Å²) in [4.78, 5) is 28.5. The second-order valence-electron chi connectivity index (χ2n) is 8.72. The van der Waals surface area contributed by atoms with E-state index in [2.05, 4.69) is 31.8 Å². The number of aryl methyl sites for hydroxylation is 2. The molecular weight excluding hydrogens is 487 g/mol. The zero-order valence-electron chi connectivity index (χ0n) is 20.9. The van der Waals surface area contributed by atoms with Crippen LogP contribution in [0.25, 0.3) is 33.4 Å². The Morgan fingerprint density at radius 3 is 2.50 bits per heavy atom. The lowest BCUT2D eigenvalue weighted by Crippen LogP contribution is -2.11. The number of nitrogens with one attached hydrogen (secondary N) is 1. The summed E-state index contributed by atoms with van der Waals surface area (Å²) in [5.41, 5.74) is 4.58. The number of amides is 1. The van der Waals surface area contributed by atoms with Gasteiger partial charge in [0, 0.05) is 35.8 Å². The maximum Gasteiger partial charge on any atom is 0.322 e. The summed E-state index contributed by atoms with van der Waals surface area (Å²) in [6.45, 7) is 7.06. The van der Waals surface area contributed by atoms with Crippen LogP contribution in [0.5, 0.6) is 17.6 Å². The first-order chi connectivity index (χ1) is 18.2. The van der Waals surface area contributed by atoms with Crippen LogP contribution in [0, 0.1) is 12.7 Å². The lowest BCUT2D eigenvalue weighted by Gasteiger charge is -2.12. The molecule has 0 saturated carbocycles. The minimum atomic E-state index is -0.634. The normalized spacial score (nSPS) is 10.9. The van der Waals surface area contributed by atoms with Gasteiger partial charge in [0.15, 0.2) is 11.6 Å². The molecule has 10 heteroatoms. The van der Waals surface area contributed by atoms with E-state index in [4.69, 9.17) is 4.74 Å². The lowest BCUT2D eigenvalue weighted by molar-refractivity contribution is -0.112. The molecule has 2 N–H and O–H groups in total. The smallest absolute Gasteiger partial charge is 0.322 e. The Morgan fingerprint density at radius 1 is 1.08 bits per heavy atom. The van der Waals surface area contributed by atoms with Crippen LogP contribution in [0.1, 0.15) is 12.6 Å². The predicted molar refractivity (Wildman–Crippen MR) is 141 cm³/mol. The van der Waals surface area contributed by atoms with Crippen LogP contribution < -0.4 is 10.1 Å². The van der Waals surface area contributed by atoms with Crippen molar-refractivity contribution < 1.29 is 19.0 Å². The number of ether oxygens (including phenoxy) is 1. The van der Waals surface area contributed by atoms with Crippen LogP contribution in [-0.4, -0.2) is 35.5 Å². The van der Waals surface area contributed by atoms with Gasteiger partial charge in [-0.2, -0.15) is 0 Å². The van der Waals surface area contributed by atoms with Gasteiger partial charge < -0.3 is 19.7 Å². The largest absolute Gasteiger partial charge is 0.493 e. The molecule has 0 aliphatic heterocycles. The summed E-state index contributed by atoms with van der Waals surface area (Å²) in [6, 6.07) is 13.4. The molecule has 38 heavy (non-hydrogen) atoms. The average Bonchev–Trinajstić information content (AvgIpc) is 3.19. The second kappa shape index (κ2) is 9.74. The van der Waals surface area contributed by atoms with Gasteiger partial charge >= 0.3 is 6.01 Å². The molecule has 0 aliphatic carbocycles. The number of halogens is 1. The molecule has 5 rings (SSSR count). The van der Waals surface area contributed by atoms with E-state index in [0.717, 1.165) is 5.56 Å². The van der Waals surface area contributed by atoms with Gasteiger partial charge in [-0.25, -0.2) is 24.3 Å². The third-order valence-corrected chi connectivity index (χ3v) is 5.95. The number of hydrogen-bond acceptors (Lipinski definition) is 7. The van der Waals surface area contributed by atoms with E-state index in [1.165, 1.54) is 24.7 Å². The molecular formula is C28H23FN6O3. The Labute approximate surface area is 217 Å². The Balaban J connectivity index is 1.61. The predicted octanol–water partition coefficient (Wildman–Crippen LogP) is 5.55. The van der Waals surface area contributed by atoms with Gasteiger partial charge in [-0.15, -0.1) is 0 Å². The number of benzene rings is 2. The fourth-order valence-electron chi connectivity index (χ4n) is 4.12. The highest BCUT2D eigenvalue weighted by Gasteiger charge is 2.23. The number of hydrogen-bond donors (Lipinski definition) is 2. The Bertz CT molecular complexity index is 1710. The van der Waals surface area contributed by atoms with Crippen molar-refractivity contribution in [2.24, 2.45) is 7.05 Å². The monoisotopic (exact) mass is 510 g/mol. The van der Waals surface area contributed by atoms with Crippen molar-refractivity contribution in [3.05, 3.63) is 84.7 Å². The van der Waals surface area contributed by atoms with Crippen LogP contribution >= 0.6 is 0 Å². The van der Waals surface area contributed by atoms with E-state index < -0.39 is 5.82 Å². The standard InChI is InChI=1S/C28H23FN6O3/c1-15(2)26(36)34-19-8-5-17(6-9-19)24-22(23-25(35(24)4)31-14-32-27(23)37)18-7-10-21(20(29)13-18)38-28-30-12-11-16(3)33-28/h5-14H,1H2,2-4H3,(H,34,36)(H,31,32,37). The molecule has 3 aromatic heterocycles. The average molecular weight is 511 g/mol. The quantitative estimate of drug-likeness (QED) is 0.288. The van der Waals surface area contributed by atoms with Crippen molar-refractivity contribution in [2.45, 2.75) is 13.8 Å². The highest BCUT2D eigenvalue weighted by Crippen LogP contribution is 2.43. The van der Waals surface area contributed by atoms with E-state index in [0.29, 0.717) is 44.8 Å². The fraction of sp³-hybridized carbons (Fsp3) is 0.107. The molecule has 0 radical (unpaired) electrons. The lowest BCUT2D eigenvalue weighted by atomic mass is 9.98. The first-order valence-electron chi connectivity index (χ1n) is 11.6. The molecule has 1 amide bonds. The van der Waals surface area contributed by atoms with Crippen LogP contribution in [0.15, 0.2) is 73.2 Å². The fourth-order valence-corrected chi connectivity index (χ4v) is 4.12. The number of aromatic hydroxyl groups is 1. The molecule has 2 aromatic carbocycles. The van der Waals surface area contributed by atoms with Gasteiger partial charge in [0.2, 0.25) is 5.88 Å². The van der Waals surface area contributed by atoms with Crippen molar-refractivity contribution in [2.75, 3.05) is 5.32 Å². The maximum atomic E-state index is 15.3. The summed E-state index contributed by atoms with van der Waals surface area (Å²) < 4.78 is 22.6. The minimum absolute atomic E-state index is 0.0346. The number of fused-ring (bicyclic) bond motifs is 1. The summed E-state index contributed by atoms with van der Waals surface area (Å²) >= 11 is 0. The molecule has 0 spiro atoms. The maximum absolute atomic E-state index is 15.3. The number of rotatable bonds is 6. The van der Waals surface area contributed by atoms with E-state index in [-0.39, 0.29) is 23.5 Å². The Hall–Kier alpha value is -5.12. The number of carbonyl (C=O) groups is 1. The molecule has 0 atom stereocenters.